The van der Waals surface area contributed by atoms with E-state index >= 15 is 0 Å². The first kappa shape index (κ1) is 16.3. The molecule has 0 unspecified atom stereocenters. The maximum Gasteiger partial charge on any atom is 0.426 e. The number of aromatic nitrogens is 1. The summed E-state index contributed by atoms with van der Waals surface area (Å²) < 4.78 is 33.0. The van der Waals surface area contributed by atoms with Crippen molar-refractivity contribution in [2.24, 2.45) is 0 Å². The van der Waals surface area contributed by atoms with Gasteiger partial charge >= 0.3 is 6.92 Å². The van der Waals surface area contributed by atoms with Gasteiger partial charge in [-0.3, -0.25) is 4.98 Å². The van der Waals surface area contributed by atoms with Crippen molar-refractivity contribution < 1.29 is 13.4 Å². The molecule has 0 saturated heterocycles. The fraction of sp³-hybridized carbons (Fsp3) is 0. The van der Waals surface area contributed by atoms with Crippen LogP contribution in [0, 0.1) is 11.6 Å². The van der Waals surface area contributed by atoms with Crippen molar-refractivity contribution in [3.8, 4) is 5.75 Å². The molecule has 0 fully saturated rings. The van der Waals surface area contributed by atoms with Crippen LogP contribution in [0.1, 0.15) is 0 Å². The zero-order chi connectivity index (χ0) is 17.9. The van der Waals surface area contributed by atoms with Crippen molar-refractivity contribution in [2.45, 2.75) is 0 Å². The van der Waals surface area contributed by atoms with E-state index in [1.165, 1.54) is 24.3 Å². The van der Waals surface area contributed by atoms with Crippen LogP contribution >= 0.6 is 0 Å². The van der Waals surface area contributed by atoms with Crippen LogP contribution in [0.15, 0.2) is 85.1 Å². The maximum absolute atomic E-state index is 13.3. The van der Waals surface area contributed by atoms with Crippen LogP contribution < -0.4 is 15.6 Å². The molecule has 5 heteroatoms. The van der Waals surface area contributed by atoms with Gasteiger partial charge in [0.25, 0.3) is 0 Å². The molecule has 0 aliphatic rings. The van der Waals surface area contributed by atoms with Crippen molar-refractivity contribution >= 4 is 28.7 Å². The van der Waals surface area contributed by atoms with Gasteiger partial charge in [-0.15, -0.1) is 0 Å². The van der Waals surface area contributed by atoms with Crippen LogP contribution in [-0.2, 0) is 0 Å². The van der Waals surface area contributed by atoms with E-state index in [1.807, 2.05) is 30.3 Å². The number of para-hydroxylation sites is 1. The Morgan fingerprint density at radius 1 is 0.692 bits per heavy atom. The Kier molecular flexibility index (Phi) is 4.36. The highest BCUT2D eigenvalue weighted by Gasteiger charge is 2.24. The van der Waals surface area contributed by atoms with Gasteiger partial charge in [0.15, 0.2) is 0 Å². The normalized spacial score (nSPS) is 10.7. The number of fused-ring (bicyclic) bond motifs is 1. The first-order chi connectivity index (χ1) is 12.7. The van der Waals surface area contributed by atoms with Crippen molar-refractivity contribution in [2.75, 3.05) is 0 Å². The predicted octanol–water partition coefficient (Wildman–Crippen LogP) is 3.70. The number of hydrogen-bond acceptors (Lipinski definition) is 2. The fourth-order valence-corrected chi connectivity index (χ4v) is 2.90. The molecule has 0 saturated carbocycles. The molecule has 2 nitrogen and oxygen atoms in total. The molecule has 26 heavy (non-hydrogen) atoms. The van der Waals surface area contributed by atoms with E-state index in [1.54, 1.807) is 30.5 Å². The van der Waals surface area contributed by atoms with Gasteiger partial charge < -0.3 is 4.65 Å². The Morgan fingerprint density at radius 3 is 1.88 bits per heavy atom. The molecule has 0 atom stereocenters. The van der Waals surface area contributed by atoms with Crippen LogP contribution in [0.5, 0.6) is 5.75 Å². The van der Waals surface area contributed by atoms with E-state index < -0.39 is 6.92 Å². The number of rotatable bonds is 4. The van der Waals surface area contributed by atoms with Crippen LogP contribution in [0.25, 0.3) is 10.9 Å². The highest BCUT2D eigenvalue weighted by atomic mass is 19.1. The molecule has 4 rings (SSSR count). The zero-order valence-electron chi connectivity index (χ0n) is 13.8. The lowest BCUT2D eigenvalue weighted by Gasteiger charge is -2.18. The molecule has 0 bridgehead atoms. The summed E-state index contributed by atoms with van der Waals surface area (Å²) >= 11 is 0. The van der Waals surface area contributed by atoms with Crippen molar-refractivity contribution in [1.29, 1.82) is 0 Å². The molecular weight excluding hydrogens is 331 g/mol. The van der Waals surface area contributed by atoms with E-state index in [0.717, 1.165) is 21.8 Å². The third-order valence-electron chi connectivity index (χ3n) is 4.19. The summed E-state index contributed by atoms with van der Waals surface area (Å²) in [6.45, 7) is -0.510. The summed E-state index contributed by atoms with van der Waals surface area (Å²) in [4.78, 5) is 4.40. The van der Waals surface area contributed by atoms with Crippen molar-refractivity contribution in [3.63, 3.8) is 0 Å². The van der Waals surface area contributed by atoms with E-state index in [0.29, 0.717) is 5.75 Å². The molecule has 0 aliphatic heterocycles. The Bertz CT molecular complexity index is 985. The topological polar surface area (TPSA) is 22.1 Å². The standard InChI is InChI=1S/C21H14BF2NO/c23-18-10-6-16(7-11-18)22(17-8-12-19(24)13-9-17)26-20-5-1-3-15-4-2-14-25-21(15)20/h1-14H. The smallest absolute Gasteiger partial charge is 0.426 e. The number of benzene rings is 3. The Labute approximate surface area is 150 Å². The molecule has 0 amide bonds. The van der Waals surface area contributed by atoms with Gasteiger partial charge in [-0.05, 0) is 47.3 Å². The molecule has 0 N–H and O–H groups in total. The van der Waals surface area contributed by atoms with E-state index in [9.17, 15) is 8.78 Å². The first-order valence-electron chi connectivity index (χ1n) is 8.22. The minimum Gasteiger partial charge on any atom is -0.550 e. The van der Waals surface area contributed by atoms with Gasteiger partial charge in [0, 0.05) is 11.6 Å². The van der Waals surface area contributed by atoms with E-state index in [4.69, 9.17) is 4.65 Å². The monoisotopic (exact) mass is 345 g/mol. The maximum atomic E-state index is 13.3. The van der Waals surface area contributed by atoms with Crippen molar-refractivity contribution in [3.05, 3.63) is 96.7 Å². The number of pyridine rings is 1. The molecule has 4 aromatic rings. The molecule has 0 aliphatic carbocycles. The second-order valence-electron chi connectivity index (χ2n) is 5.93. The molecule has 1 aromatic heterocycles. The predicted molar refractivity (Wildman–Crippen MR) is 100 cm³/mol. The SMILES string of the molecule is Fc1ccc(B(Oc2cccc3cccnc23)c2ccc(F)cc2)cc1. The van der Waals surface area contributed by atoms with Gasteiger partial charge in [-0.1, -0.05) is 42.5 Å². The number of nitrogens with zero attached hydrogens (tertiary/aromatic N) is 1. The van der Waals surface area contributed by atoms with E-state index in [2.05, 4.69) is 4.98 Å². The first-order valence-corrected chi connectivity index (χ1v) is 8.22. The quantitative estimate of drug-likeness (QED) is 0.526. The minimum atomic E-state index is -0.510. The summed E-state index contributed by atoms with van der Waals surface area (Å²) in [5.74, 6) is -0.0291. The van der Waals surface area contributed by atoms with Gasteiger partial charge in [0.2, 0.25) is 0 Å². The second-order valence-corrected chi connectivity index (χ2v) is 5.93. The Balaban J connectivity index is 1.79. The molecule has 126 valence electrons. The van der Waals surface area contributed by atoms with Crippen LogP contribution in [0.3, 0.4) is 0 Å². The third kappa shape index (κ3) is 3.29. The lowest BCUT2D eigenvalue weighted by Crippen LogP contribution is -2.47. The molecule has 1 heterocycles. The minimum absolute atomic E-state index is 0.321. The van der Waals surface area contributed by atoms with Gasteiger partial charge in [0.1, 0.15) is 22.9 Å². The molecular formula is C21H14BF2NO. The Hall–Kier alpha value is -3.21. The molecule has 0 spiro atoms. The van der Waals surface area contributed by atoms with Crippen molar-refractivity contribution in [1.82, 2.24) is 4.98 Å². The number of halogens is 2. The average molecular weight is 345 g/mol. The van der Waals surface area contributed by atoms with Gasteiger partial charge in [0.05, 0.1) is 0 Å². The third-order valence-corrected chi connectivity index (χ3v) is 4.19. The highest BCUT2D eigenvalue weighted by molar-refractivity contribution is 6.80. The lowest BCUT2D eigenvalue weighted by molar-refractivity contribution is 0.596. The molecule has 3 aromatic carbocycles. The van der Waals surface area contributed by atoms with Gasteiger partial charge in [-0.25, -0.2) is 8.78 Å². The summed E-state index contributed by atoms with van der Waals surface area (Å²) in [5, 5.41) is 0.960. The second kappa shape index (κ2) is 6.96. The fourth-order valence-electron chi connectivity index (χ4n) is 2.90. The highest BCUT2D eigenvalue weighted by Crippen LogP contribution is 2.23. The average Bonchev–Trinajstić information content (AvgIpc) is 2.68. The number of hydrogen-bond donors (Lipinski definition) is 0. The summed E-state index contributed by atoms with van der Waals surface area (Å²) in [6, 6.07) is 21.7. The lowest BCUT2D eigenvalue weighted by atomic mass is 9.55. The Morgan fingerprint density at radius 2 is 1.27 bits per heavy atom. The summed E-state index contributed by atoms with van der Waals surface area (Å²) in [7, 11) is 0. The van der Waals surface area contributed by atoms with E-state index in [-0.39, 0.29) is 11.6 Å². The largest absolute Gasteiger partial charge is 0.550 e. The van der Waals surface area contributed by atoms with Crippen LogP contribution in [0.4, 0.5) is 8.78 Å². The van der Waals surface area contributed by atoms with Gasteiger partial charge in [-0.2, -0.15) is 0 Å². The van der Waals surface area contributed by atoms with Crippen LogP contribution in [0.2, 0.25) is 0 Å². The summed E-state index contributed by atoms with van der Waals surface area (Å²) in [5.41, 5.74) is 2.28. The van der Waals surface area contributed by atoms with Crippen LogP contribution in [-0.4, -0.2) is 11.9 Å². The zero-order valence-corrected chi connectivity index (χ0v) is 13.8. The summed E-state index contributed by atoms with van der Waals surface area (Å²) in [6.07, 6.45) is 1.71. The molecule has 0 radical (unpaired) electrons.